The number of urea groups is 1. The van der Waals surface area contributed by atoms with Crippen LogP contribution in [0.1, 0.15) is 42.9 Å². The Kier molecular flexibility index (Phi) is 7.87. The molecule has 2 fully saturated rings. The van der Waals surface area contributed by atoms with E-state index >= 15 is 0 Å². The molecule has 8 nitrogen and oxygen atoms in total. The van der Waals surface area contributed by atoms with Crippen molar-refractivity contribution in [2.24, 2.45) is 4.99 Å². The predicted octanol–water partition coefficient (Wildman–Crippen LogP) is 7.54. The van der Waals surface area contributed by atoms with E-state index in [1.54, 1.807) is 11.8 Å². The highest BCUT2D eigenvalue weighted by atomic mass is 32.2. The molecule has 0 radical (unpaired) electrons. The number of halogens is 3. The number of carbonyl (C=O) groups is 1. The molecule has 228 valence electrons. The Balaban J connectivity index is 1.15. The van der Waals surface area contributed by atoms with Crippen LogP contribution in [-0.4, -0.2) is 44.1 Å². The molecule has 1 saturated heterocycles. The zero-order valence-corrected chi connectivity index (χ0v) is 25.2. The number of hydrogen-bond donors (Lipinski definition) is 1. The molecule has 1 aliphatic carbocycles. The van der Waals surface area contributed by atoms with E-state index in [0.29, 0.717) is 16.7 Å². The first kappa shape index (κ1) is 29.7. The normalized spacial score (nSPS) is 18.7. The Morgan fingerprint density at radius 1 is 1.05 bits per heavy atom. The van der Waals surface area contributed by atoms with Gasteiger partial charge in [0, 0.05) is 23.0 Å². The van der Waals surface area contributed by atoms with Gasteiger partial charge in [0.05, 0.1) is 11.2 Å². The molecule has 2 aliphatic rings. The molecule has 6 rings (SSSR count). The maximum Gasteiger partial charge on any atom is 0.573 e. The summed E-state index contributed by atoms with van der Waals surface area (Å²) >= 11 is 1.61. The fraction of sp³-hybridized carbons (Fsp3) is 0.312. The molecule has 4 aromatic rings. The van der Waals surface area contributed by atoms with Gasteiger partial charge < -0.3 is 15.0 Å². The van der Waals surface area contributed by atoms with Crippen LogP contribution in [0.2, 0.25) is 0 Å². The minimum Gasteiger partial charge on any atom is -0.406 e. The first-order chi connectivity index (χ1) is 21.0. The Morgan fingerprint density at radius 2 is 1.73 bits per heavy atom. The second-order valence-electron chi connectivity index (χ2n) is 11.1. The third kappa shape index (κ3) is 6.30. The summed E-state index contributed by atoms with van der Waals surface area (Å²) in [5, 5.41) is 8.36. The summed E-state index contributed by atoms with van der Waals surface area (Å²) in [5.41, 5.74) is 5.23. The Hall–Kier alpha value is -4.32. The van der Waals surface area contributed by atoms with Gasteiger partial charge in [-0.1, -0.05) is 54.2 Å². The van der Waals surface area contributed by atoms with E-state index in [9.17, 15) is 18.0 Å². The molecule has 1 N–H and O–H groups in total. The topological polar surface area (TPSA) is 84.6 Å². The maximum atomic E-state index is 13.3. The summed E-state index contributed by atoms with van der Waals surface area (Å²) in [6.45, 7) is 6.34. The van der Waals surface area contributed by atoms with Crippen molar-refractivity contribution in [3.63, 3.8) is 0 Å². The largest absolute Gasteiger partial charge is 0.573 e. The Labute approximate surface area is 257 Å². The second-order valence-corrected chi connectivity index (χ2v) is 12.2. The molecule has 1 aliphatic heterocycles. The van der Waals surface area contributed by atoms with Crippen LogP contribution in [0.5, 0.6) is 5.75 Å². The van der Waals surface area contributed by atoms with E-state index in [0.717, 1.165) is 53.0 Å². The van der Waals surface area contributed by atoms with Crippen molar-refractivity contribution >= 4 is 28.6 Å². The van der Waals surface area contributed by atoms with Crippen molar-refractivity contribution in [3.8, 4) is 22.8 Å². The predicted molar refractivity (Wildman–Crippen MR) is 165 cm³/mol. The number of amides is 2. The summed E-state index contributed by atoms with van der Waals surface area (Å²) < 4.78 is 42.8. The van der Waals surface area contributed by atoms with E-state index in [-0.39, 0.29) is 17.8 Å². The second kappa shape index (κ2) is 11.6. The molecule has 0 bridgehead atoms. The van der Waals surface area contributed by atoms with Gasteiger partial charge in [0.1, 0.15) is 12.1 Å². The van der Waals surface area contributed by atoms with Gasteiger partial charge in [-0.15, -0.1) is 18.3 Å². The first-order valence-corrected chi connectivity index (χ1v) is 15.3. The van der Waals surface area contributed by atoms with Crippen LogP contribution in [0.4, 0.5) is 23.7 Å². The van der Waals surface area contributed by atoms with Gasteiger partial charge in [0.25, 0.3) is 0 Å². The quantitative estimate of drug-likeness (QED) is 0.240. The zero-order chi connectivity index (χ0) is 31.1. The van der Waals surface area contributed by atoms with Crippen LogP contribution in [0, 0.1) is 13.8 Å². The number of hydrogen-bond acceptors (Lipinski definition) is 5. The van der Waals surface area contributed by atoms with Crippen LogP contribution in [0.15, 0.2) is 78.0 Å². The number of amidine groups is 1. The van der Waals surface area contributed by atoms with Gasteiger partial charge in [-0.2, -0.15) is 4.99 Å². The number of aliphatic imine (C=N–C) groups is 1. The highest BCUT2D eigenvalue weighted by Gasteiger charge is 2.46. The lowest BCUT2D eigenvalue weighted by molar-refractivity contribution is -0.274. The number of rotatable bonds is 6. The van der Waals surface area contributed by atoms with E-state index in [1.807, 2.05) is 30.3 Å². The van der Waals surface area contributed by atoms with Crippen molar-refractivity contribution in [1.29, 1.82) is 0 Å². The number of nitrogens with zero attached hydrogens (tertiary/aromatic N) is 5. The van der Waals surface area contributed by atoms with Gasteiger partial charge in [0.2, 0.25) is 0 Å². The molecule has 3 aromatic carbocycles. The fourth-order valence-corrected chi connectivity index (χ4v) is 6.68. The van der Waals surface area contributed by atoms with E-state index in [1.165, 1.54) is 35.3 Å². The Bertz CT molecular complexity index is 1680. The third-order valence-corrected chi connectivity index (χ3v) is 8.90. The van der Waals surface area contributed by atoms with Gasteiger partial charge >= 0.3 is 12.4 Å². The third-order valence-electron chi connectivity index (χ3n) is 7.91. The molecule has 44 heavy (non-hydrogen) atoms. The van der Waals surface area contributed by atoms with Crippen molar-refractivity contribution in [3.05, 3.63) is 89.7 Å². The SMILES string of the molecule is Cc1cccc(C)c1N1/C(=N/C(=O)NC2(c3ccc(-c4ncn(-c5ccc(OC(F)(F)F)cc5)n4)cc3)CC2)SCCC1C. The summed E-state index contributed by atoms with van der Waals surface area (Å²) in [7, 11) is 0. The standard InChI is InChI=1S/C32H31F3N6O2S/c1-20-5-4-6-21(2)27(20)41-22(3)15-18-44-30(41)37-29(42)38-31(16-17-31)24-9-7-23(8-10-24)28-36-19-40(39-28)25-11-13-26(14-12-25)43-32(33,34)35/h4-14,19,22H,15-18H2,1-3H3,(H,38,42)/b37-30-. The molecular formula is C32H31F3N6O2S. The smallest absolute Gasteiger partial charge is 0.406 e. The van der Waals surface area contributed by atoms with Crippen molar-refractivity contribution < 1.29 is 22.7 Å². The minimum atomic E-state index is -4.75. The van der Waals surface area contributed by atoms with Crippen molar-refractivity contribution in [2.45, 2.75) is 58.0 Å². The van der Waals surface area contributed by atoms with Crippen molar-refractivity contribution in [2.75, 3.05) is 10.7 Å². The molecular weight excluding hydrogens is 589 g/mol. The molecule has 1 aromatic heterocycles. The first-order valence-electron chi connectivity index (χ1n) is 14.3. The van der Waals surface area contributed by atoms with Gasteiger partial charge in [-0.3, -0.25) is 0 Å². The highest BCUT2D eigenvalue weighted by Crippen LogP contribution is 2.46. The molecule has 2 amide bonds. The van der Waals surface area contributed by atoms with Gasteiger partial charge in [0.15, 0.2) is 11.0 Å². The number of aryl methyl sites for hydroxylation is 2. The molecule has 12 heteroatoms. The minimum absolute atomic E-state index is 0.227. The molecule has 1 saturated carbocycles. The van der Waals surface area contributed by atoms with E-state index < -0.39 is 11.9 Å². The number of aromatic nitrogens is 3. The lowest BCUT2D eigenvalue weighted by Crippen LogP contribution is -2.43. The monoisotopic (exact) mass is 620 g/mol. The number of para-hydroxylation sites is 1. The molecule has 0 spiro atoms. The number of carbonyl (C=O) groups excluding carboxylic acids is 1. The number of benzene rings is 3. The lowest BCUT2D eigenvalue weighted by atomic mass is 10.0. The number of ether oxygens (including phenoxy) is 1. The number of thioether (sulfide) groups is 1. The number of anilines is 1. The van der Waals surface area contributed by atoms with Crippen LogP contribution in [0.3, 0.4) is 0 Å². The highest BCUT2D eigenvalue weighted by molar-refractivity contribution is 8.14. The summed E-state index contributed by atoms with van der Waals surface area (Å²) in [6.07, 6.45) is -0.622. The van der Waals surface area contributed by atoms with Gasteiger partial charge in [-0.25, -0.2) is 14.5 Å². The van der Waals surface area contributed by atoms with Crippen LogP contribution >= 0.6 is 11.8 Å². The molecule has 1 atom stereocenters. The van der Waals surface area contributed by atoms with Crippen molar-refractivity contribution in [1.82, 2.24) is 20.1 Å². The number of alkyl halides is 3. The lowest BCUT2D eigenvalue weighted by Gasteiger charge is -2.37. The molecule has 1 unspecified atom stereocenters. The Morgan fingerprint density at radius 3 is 2.36 bits per heavy atom. The van der Waals surface area contributed by atoms with Crippen LogP contribution in [0.25, 0.3) is 17.1 Å². The van der Waals surface area contributed by atoms with E-state index in [2.05, 4.69) is 62.9 Å². The summed E-state index contributed by atoms with van der Waals surface area (Å²) in [5.74, 6) is 1.06. The van der Waals surface area contributed by atoms with Crippen LogP contribution in [-0.2, 0) is 5.54 Å². The average Bonchev–Trinajstić information content (AvgIpc) is 3.58. The van der Waals surface area contributed by atoms with Gasteiger partial charge in [-0.05, 0) is 81.0 Å². The number of nitrogens with one attached hydrogen (secondary N) is 1. The maximum absolute atomic E-state index is 13.3. The van der Waals surface area contributed by atoms with Crippen LogP contribution < -0.4 is 15.0 Å². The summed E-state index contributed by atoms with van der Waals surface area (Å²) in [6, 6.07) is 19.2. The van der Waals surface area contributed by atoms with E-state index in [4.69, 9.17) is 0 Å². The fourth-order valence-electron chi connectivity index (χ4n) is 5.48. The average molecular weight is 621 g/mol. The zero-order valence-electron chi connectivity index (χ0n) is 24.4. The molecule has 2 heterocycles. The summed E-state index contributed by atoms with van der Waals surface area (Å²) in [4.78, 5) is 24.4.